The van der Waals surface area contributed by atoms with Gasteiger partial charge in [-0.2, -0.15) is 0 Å². The Kier molecular flexibility index (Phi) is 10.5. The molecule has 0 radical (unpaired) electrons. The molecule has 10 nitrogen and oxygen atoms in total. The van der Waals surface area contributed by atoms with Gasteiger partial charge in [0.05, 0.1) is 35.4 Å². The number of carbonyl (C=O) groups excluding carboxylic acids is 1. The lowest BCUT2D eigenvalue weighted by Gasteiger charge is -2.44. The molecule has 6 aromatic rings. The number of fused-ring (bicyclic) bond motifs is 1. The number of aliphatic hydroxyl groups excluding tert-OH is 1. The number of nitrogens with one attached hydrogen (secondary N) is 2. The average Bonchev–Trinajstić information content (AvgIpc) is 3.57. The summed E-state index contributed by atoms with van der Waals surface area (Å²) in [5.41, 5.74) is 8.21. The van der Waals surface area contributed by atoms with E-state index in [1.807, 2.05) is 71.3 Å². The maximum atomic E-state index is 12.9. The number of aromatic nitrogens is 3. The summed E-state index contributed by atoms with van der Waals surface area (Å²) in [7, 11) is 0. The molecule has 2 saturated heterocycles. The van der Waals surface area contributed by atoms with Gasteiger partial charge in [0.15, 0.2) is 6.29 Å². The number of pyridine rings is 1. The molecule has 4 atom stereocenters. The number of hydrogen-bond acceptors (Lipinski definition) is 7. The molecule has 0 spiro atoms. The summed E-state index contributed by atoms with van der Waals surface area (Å²) < 4.78 is 15.5. The van der Waals surface area contributed by atoms with E-state index in [0.29, 0.717) is 12.1 Å². The molecule has 0 bridgehead atoms. The van der Waals surface area contributed by atoms with Crippen molar-refractivity contribution >= 4 is 16.9 Å². The second-order valence-corrected chi connectivity index (χ2v) is 14.4. The molecule has 2 fully saturated rings. The van der Waals surface area contributed by atoms with Gasteiger partial charge in [0, 0.05) is 56.1 Å². The molecule has 8 rings (SSSR count). The van der Waals surface area contributed by atoms with Crippen LogP contribution in [-0.2, 0) is 22.6 Å². The number of para-hydroxylation sites is 2. The third-order valence-corrected chi connectivity index (χ3v) is 11.0. The first-order valence-corrected chi connectivity index (χ1v) is 18.7. The Balaban J connectivity index is 0.989. The van der Waals surface area contributed by atoms with E-state index in [1.165, 1.54) is 0 Å². The Morgan fingerprint density at radius 1 is 0.889 bits per heavy atom. The monoisotopic (exact) mass is 723 g/mol. The predicted molar refractivity (Wildman–Crippen MR) is 208 cm³/mol. The fraction of sp³-hybridized carbons (Fsp3) is 0.295. The maximum absolute atomic E-state index is 12.9. The molecule has 10 heteroatoms. The Labute approximate surface area is 314 Å². The van der Waals surface area contributed by atoms with E-state index in [1.54, 1.807) is 24.5 Å². The average molecular weight is 724 g/mol. The minimum absolute atomic E-state index is 0.0112. The third-order valence-electron chi connectivity index (χ3n) is 11.0. The summed E-state index contributed by atoms with van der Waals surface area (Å²) in [5, 5.41) is 12.7. The van der Waals surface area contributed by atoms with Gasteiger partial charge in [0.1, 0.15) is 0 Å². The molecule has 54 heavy (non-hydrogen) atoms. The first kappa shape index (κ1) is 35.6. The lowest BCUT2D eigenvalue weighted by molar-refractivity contribution is -0.276. The summed E-state index contributed by atoms with van der Waals surface area (Å²) in [6.45, 7) is 5.03. The van der Waals surface area contributed by atoms with Crippen LogP contribution in [0, 0.1) is 5.92 Å². The molecule has 4 aromatic carbocycles. The number of carbonyl (C=O) groups is 1. The Morgan fingerprint density at radius 3 is 2.39 bits per heavy atom. The van der Waals surface area contributed by atoms with Crippen molar-refractivity contribution in [3.63, 3.8) is 0 Å². The van der Waals surface area contributed by atoms with E-state index in [-0.39, 0.29) is 42.4 Å². The molecule has 0 aliphatic carbocycles. The standard InChI is InChI=1S/C44H45N5O5/c1-29-40(27-48-23-20-36(21-24-48)49-39-11-5-4-10-38(39)47-44(49)52)53-43(54-41(29)32-14-12-30(28-50)13-15-32)33-18-16-31(17-19-33)37-9-3-2-7-34(37)26-46-42(51)35-8-6-22-45-25-35/h2-19,22,25,29,36,40-41,43,50H,20-21,23-24,26-28H2,1H3,(H,46,51)(H,47,52)/t29-,40+,41+,43+/m1/s1. The topological polar surface area (TPSA) is 122 Å². The summed E-state index contributed by atoms with van der Waals surface area (Å²) >= 11 is 0. The quantitative estimate of drug-likeness (QED) is 0.140. The van der Waals surface area contributed by atoms with Crippen molar-refractivity contribution in [1.29, 1.82) is 0 Å². The van der Waals surface area contributed by atoms with Crippen molar-refractivity contribution in [2.75, 3.05) is 19.6 Å². The number of piperidine rings is 1. The number of aromatic amines is 1. The van der Waals surface area contributed by atoms with Gasteiger partial charge in [-0.3, -0.25) is 14.3 Å². The number of amides is 1. The fourth-order valence-corrected chi connectivity index (χ4v) is 7.93. The SMILES string of the molecule is C[C@@H]1[C@H](CN2CCC(n3c(=O)[nH]c4ccccc43)CC2)O[C@H](c2ccc(-c3ccccc3CNC(=O)c3cccnc3)cc2)O[C@@H]1c1ccc(CO)cc1. The normalized spacial score (nSPS) is 20.9. The minimum atomic E-state index is -0.584. The van der Waals surface area contributed by atoms with Crippen molar-refractivity contribution in [3.8, 4) is 11.1 Å². The van der Waals surface area contributed by atoms with Crippen LogP contribution in [0.15, 0.2) is 126 Å². The number of nitrogens with zero attached hydrogens (tertiary/aromatic N) is 3. The second-order valence-electron chi connectivity index (χ2n) is 14.4. The number of H-pyrrole nitrogens is 1. The van der Waals surface area contributed by atoms with Gasteiger partial charge >= 0.3 is 5.69 Å². The lowest BCUT2D eigenvalue weighted by atomic mass is 9.89. The highest BCUT2D eigenvalue weighted by Gasteiger charge is 2.39. The van der Waals surface area contributed by atoms with Gasteiger partial charge in [-0.05, 0) is 64.9 Å². The maximum Gasteiger partial charge on any atom is 0.326 e. The van der Waals surface area contributed by atoms with Gasteiger partial charge in [0.25, 0.3) is 5.91 Å². The lowest BCUT2D eigenvalue weighted by Crippen LogP contribution is -2.47. The van der Waals surface area contributed by atoms with Crippen LogP contribution in [0.25, 0.3) is 22.2 Å². The van der Waals surface area contributed by atoms with Crippen LogP contribution in [-0.4, -0.2) is 56.2 Å². The molecule has 3 N–H and O–H groups in total. The van der Waals surface area contributed by atoms with Crippen LogP contribution >= 0.6 is 0 Å². The molecule has 2 aliphatic heterocycles. The highest BCUT2D eigenvalue weighted by Crippen LogP contribution is 2.42. The molecular weight excluding hydrogens is 679 g/mol. The predicted octanol–water partition coefficient (Wildman–Crippen LogP) is 6.94. The van der Waals surface area contributed by atoms with E-state index in [0.717, 1.165) is 76.9 Å². The summed E-state index contributed by atoms with van der Waals surface area (Å²) in [6, 6.07) is 35.9. The highest BCUT2D eigenvalue weighted by atomic mass is 16.7. The van der Waals surface area contributed by atoms with Crippen LogP contribution < -0.4 is 11.0 Å². The van der Waals surface area contributed by atoms with E-state index < -0.39 is 6.29 Å². The molecule has 0 unspecified atom stereocenters. The fourth-order valence-electron chi connectivity index (χ4n) is 7.93. The molecule has 1 amide bonds. The smallest absolute Gasteiger partial charge is 0.326 e. The third kappa shape index (κ3) is 7.51. The number of likely N-dealkylation sites (tertiary alicyclic amines) is 1. The Hall–Kier alpha value is -5.39. The van der Waals surface area contributed by atoms with Gasteiger partial charge < -0.3 is 29.8 Å². The van der Waals surface area contributed by atoms with E-state index in [9.17, 15) is 14.7 Å². The van der Waals surface area contributed by atoms with E-state index >= 15 is 0 Å². The number of ether oxygens (including phenoxy) is 2. The van der Waals surface area contributed by atoms with Crippen LogP contribution in [0.2, 0.25) is 0 Å². The zero-order valence-corrected chi connectivity index (χ0v) is 30.3. The molecule has 2 aromatic heterocycles. The summed E-state index contributed by atoms with van der Waals surface area (Å²) in [6.07, 6.45) is 4.06. The number of imidazole rings is 1. The Morgan fingerprint density at radius 2 is 1.63 bits per heavy atom. The van der Waals surface area contributed by atoms with Crippen LogP contribution in [0.4, 0.5) is 0 Å². The van der Waals surface area contributed by atoms with Crippen LogP contribution in [0.3, 0.4) is 0 Å². The van der Waals surface area contributed by atoms with Gasteiger partial charge in [-0.15, -0.1) is 0 Å². The first-order chi connectivity index (χ1) is 26.4. The van der Waals surface area contributed by atoms with E-state index in [4.69, 9.17) is 9.47 Å². The molecule has 2 aliphatic rings. The van der Waals surface area contributed by atoms with Crippen LogP contribution in [0.1, 0.15) is 70.8 Å². The number of rotatable bonds is 10. The van der Waals surface area contributed by atoms with Crippen molar-refractivity contribution in [1.82, 2.24) is 24.8 Å². The van der Waals surface area contributed by atoms with Crippen LogP contribution in [0.5, 0.6) is 0 Å². The highest BCUT2D eigenvalue weighted by molar-refractivity contribution is 5.93. The summed E-state index contributed by atoms with van der Waals surface area (Å²) in [5.74, 6) is -0.110. The zero-order chi connectivity index (χ0) is 37.0. The largest absolute Gasteiger partial charge is 0.392 e. The summed E-state index contributed by atoms with van der Waals surface area (Å²) in [4.78, 5) is 35.2. The van der Waals surface area contributed by atoms with Crippen molar-refractivity contribution < 1.29 is 19.4 Å². The van der Waals surface area contributed by atoms with Gasteiger partial charge in [0.2, 0.25) is 0 Å². The molecule has 276 valence electrons. The number of aliphatic hydroxyl groups is 1. The molecule has 0 saturated carbocycles. The molecular formula is C44H45N5O5. The van der Waals surface area contributed by atoms with Gasteiger partial charge in [-0.1, -0.05) is 91.9 Å². The van der Waals surface area contributed by atoms with Gasteiger partial charge in [-0.25, -0.2) is 4.79 Å². The zero-order valence-electron chi connectivity index (χ0n) is 30.3. The van der Waals surface area contributed by atoms with E-state index in [2.05, 4.69) is 57.4 Å². The minimum Gasteiger partial charge on any atom is -0.392 e. The van der Waals surface area contributed by atoms with Crippen molar-refractivity contribution in [2.45, 2.75) is 57.5 Å². The number of hydrogen-bond donors (Lipinski definition) is 3. The second kappa shape index (κ2) is 15.9. The number of benzene rings is 4. The Bertz CT molecular complexity index is 2240. The first-order valence-electron chi connectivity index (χ1n) is 18.7. The molecule has 4 heterocycles. The van der Waals surface area contributed by atoms with Crippen molar-refractivity contribution in [2.24, 2.45) is 5.92 Å². The van der Waals surface area contributed by atoms with Crippen molar-refractivity contribution in [3.05, 3.63) is 160 Å².